The minimum atomic E-state index is -0.256. The predicted octanol–water partition coefficient (Wildman–Crippen LogP) is 4.53. The molecule has 0 N–H and O–H groups in total. The lowest BCUT2D eigenvalue weighted by atomic mass is 9.90. The second-order valence-electron chi connectivity index (χ2n) is 8.73. The summed E-state index contributed by atoms with van der Waals surface area (Å²) in [7, 11) is 0. The van der Waals surface area contributed by atoms with Gasteiger partial charge in [0.15, 0.2) is 0 Å². The number of hydrogen-bond donors (Lipinski definition) is 0. The molecule has 1 saturated heterocycles. The van der Waals surface area contributed by atoms with Crippen molar-refractivity contribution in [1.82, 2.24) is 19.4 Å². The molecule has 0 bridgehead atoms. The second kappa shape index (κ2) is 10.5. The summed E-state index contributed by atoms with van der Waals surface area (Å²) in [5, 5.41) is 0. The van der Waals surface area contributed by atoms with Crippen LogP contribution < -0.4 is 0 Å². The quantitative estimate of drug-likeness (QED) is 0.416. The van der Waals surface area contributed by atoms with Gasteiger partial charge in [-0.2, -0.15) is 0 Å². The zero-order valence-electron chi connectivity index (χ0n) is 19.3. The fourth-order valence-electron chi connectivity index (χ4n) is 4.73. The number of aromatic nitrogens is 2. The first-order chi connectivity index (χ1) is 16.8. The van der Waals surface area contributed by atoms with Gasteiger partial charge in [0.2, 0.25) is 5.91 Å². The molecule has 1 aliphatic heterocycles. The Morgan fingerprint density at radius 1 is 0.735 bits per heavy atom. The first kappa shape index (κ1) is 22.1. The monoisotopic (exact) mass is 450 g/mol. The van der Waals surface area contributed by atoms with Crippen LogP contribution in [0.15, 0.2) is 103 Å². The van der Waals surface area contributed by atoms with Crippen molar-refractivity contribution in [3.8, 4) is 11.4 Å². The number of carbonyl (C=O) groups is 1. The summed E-state index contributed by atoms with van der Waals surface area (Å²) in [5.74, 6) is 0.939. The largest absolute Gasteiger partial charge is 0.339 e. The highest BCUT2D eigenvalue weighted by Crippen LogP contribution is 2.27. The average molecular weight is 451 g/mol. The van der Waals surface area contributed by atoms with E-state index in [1.807, 2.05) is 71.9 Å². The molecule has 1 aliphatic rings. The molecule has 0 saturated carbocycles. The maximum atomic E-state index is 13.6. The Hall–Kier alpha value is -3.70. The van der Waals surface area contributed by atoms with Gasteiger partial charge >= 0.3 is 0 Å². The van der Waals surface area contributed by atoms with E-state index in [0.717, 1.165) is 61.8 Å². The van der Waals surface area contributed by atoms with E-state index in [1.54, 1.807) is 0 Å². The molecule has 3 aromatic carbocycles. The number of benzene rings is 3. The van der Waals surface area contributed by atoms with Gasteiger partial charge in [-0.1, -0.05) is 91.0 Å². The van der Waals surface area contributed by atoms with Crippen LogP contribution in [-0.2, 0) is 11.3 Å². The third-order valence-corrected chi connectivity index (χ3v) is 6.60. The molecule has 4 aromatic rings. The predicted molar refractivity (Wildman–Crippen MR) is 135 cm³/mol. The molecule has 5 nitrogen and oxygen atoms in total. The van der Waals surface area contributed by atoms with Gasteiger partial charge in [-0.25, -0.2) is 4.98 Å². The van der Waals surface area contributed by atoms with E-state index in [4.69, 9.17) is 0 Å². The lowest BCUT2D eigenvalue weighted by molar-refractivity contribution is -0.133. The lowest BCUT2D eigenvalue weighted by Gasteiger charge is -2.36. The Morgan fingerprint density at radius 2 is 1.29 bits per heavy atom. The Balaban J connectivity index is 1.21. The van der Waals surface area contributed by atoms with Gasteiger partial charge in [-0.15, -0.1) is 0 Å². The van der Waals surface area contributed by atoms with Crippen molar-refractivity contribution in [2.24, 2.45) is 0 Å². The van der Waals surface area contributed by atoms with Crippen molar-refractivity contribution < 1.29 is 4.79 Å². The Labute approximate surface area is 201 Å². The Kier molecular flexibility index (Phi) is 6.82. The van der Waals surface area contributed by atoms with Gasteiger partial charge in [-0.3, -0.25) is 9.69 Å². The Morgan fingerprint density at radius 3 is 1.88 bits per heavy atom. The van der Waals surface area contributed by atoms with E-state index in [9.17, 15) is 4.79 Å². The van der Waals surface area contributed by atoms with E-state index in [2.05, 4.69) is 50.8 Å². The highest BCUT2D eigenvalue weighted by Gasteiger charge is 2.29. The molecule has 0 aliphatic carbocycles. The minimum absolute atomic E-state index is 0.193. The van der Waals surface area contributed by atoms with Crippen molar-refractivity contribution >= 4 is 5.91 Å². The molecule has 0 unspecified atom stereocenters. The summed E-state index contributed by atoms with van der Waals surface area (Å²) in [6, 6.07) is 30.6. The molecule has 1 aromatic heterocycles. The number of imidazole rings is 1. The molecule has 5 heteroatoms. The van der Waals surface area contributed by atoms with Gasteiger partial charge in [0, 0.05) is 57.2 Å². The van der Waals surface area contributed by atoms with Crippen LogP contribution in [0, 0.1) is 0 Å². The fourth-order valence-corrected chi connectivity index (χ4v) is 4.73. The standard InChI is InChI=1S/C29H30N4O/c34-29(27(24-10-4-1-5-11-24)25-12-6-2-7-13-25)33-22-19-31(20-23-33)18-21-32-17-16-30-28(32)26-14-8-3-9-15-26/h1-17,27H,18-23H2. The molecular weight excluding hydrogens is 420 g/mol. The molecule has 5 rings (SSSR count). The van der Waals surface area contributed by atoms with Crippen LogP contribution in [0.1, 0.15) is 17.0 Å². The first-order valence-electron chi connectivity index (χ1n) is 12.0. The number of amides is 1. The maximum Gasteiger partial charge on any atom is 0.234 e. The average Bonchev–Trinajstić information content (AvgIpc) is 3.38. The van der Waals surface area contributed by atoms with Crippen LogP contribution in [0.2, 0.25) is 0 Å². The highest BCUT2D eigenvalue weighted by atomic mass is 16.2. The maximum absolute atomic E-state index is 13.6. The highest BCUT2D eigenvalue weighted by molar-refractivity contribution is 5.87. The van der Waals surface area contributed by atoms with E-state index in [0.29, 0.717) is 0 Å². The minimum Gasteiger partial charge on any atom is -0.339 e. The van der Waals surface area contributed by atoms with Crippen LogP contribution in [-0.4, -0.2) is 58.0 Å². The van der Waals surface area contributed by atoms with Gasteiger partial charge in [0.1, 0.15) is 5.82 Å². The van der Waals surface area contributed by atoms with Crippen LogP contribution in [0.3, 0.4) is 0 Å². The molecule has 34 heavy (non-hydrogen) atoms. The van der Waals surface area contributed by atoms with Crippen molar-refractivity contribution in [3.05, 3.63) is 115 Å². The third kappa shape index (κ3) is 4.95. The first-order valence-corrected chi connectivity index (χ1v) is 12.0. The molecule has 0 atom stereocenters. The fraction of sp³-hybridized carbons (Fsp3) is 0.241. The Bertz CT molecular complexity index is 1140. The summed E-state index contributed by atoms with van der Waals surface area (Å²) in [5.41, 5.74) is 3.24. The van der Waals surface area contributed by atoms with Gasteiger partial charge in [0.25, 0.3) is 0 Å². The van der Waals surface area contributed by atoms with Gasteiger partial charge in [0.05, 0.1) is 5.92 Å². The van der Waals surface area contributed by atoms with Gasteiger partial charge < -0.3 is 9.47 Å². The van der Waals surface area contributed by atoms with Crippen LogP contribution in [0.5, 0.6) is 0 Å². The van der Waals surface area contributed by atoms with Crippen LogP contribution >= 0.6 is 0 Å². The molecule has 1 fully saturated rings. The number of carbonyl (C=O) groups excluding carboxylic acids is 1. The normalized spacial score (nSPS) is 14.4. The molecule has 2 heterocycles. The summed E-state index contributed by atoms with van der Waals surface area (Å²) >= 11 is 0. The molecule has 172 valence electrons. The van der Waals surface area contributed by atoms with E-state index in [1.165, 1.54) is 0 Å². The number of nitrogens with zero attached hydrogens (tertiary/aromatic N) is 4. The van der Waals surface area contributed by atoms with Crippen molar-refractivity contribution in [3.63, 3.8) is 0 Å². The lowest BCUT2D eigenvalue weighted by Crippen LogP contribution is -2.50. The van der Waals surface area contributed by atoms with Crippen molar-refractivity contribution in [2.45, 2.75) is 12.5 Å². The molecular formula is C29H30N4O. The van der Waals surface area contributed by atoms with Crippen LogP contribution in [0.25, 0.3) is 11.4 Å². The molecule has 0 spiro atoms. The molecule has 0 radical (unpaired) electrons. The summed E-state index contributed by atoms with van der Waals surface area (Å²) < 4.78 is 2.22. The number of hydrogen-bond acceptors (Lipinski definition) is 3. The van der Waals surface area contributed by atoms with Crippen molar-refractivity contribution in [1.29, 1.82) is 0 Å². The van der Waals surface area contributed by atoms with Gasteiger partial charge in [-0.05, 0) is 11.1 Å². The van der Waals surface area contributed by atoms with Crippen LogP contribution in [0.4, 0.5) is 0 Å². The summed E-state index contributed by atoms with van der Waals surface area (Å²) in [6.45, 7) is 5.11. The van der Waals surface area contributed by atoms with E-state index >= 15 is 0 Å². The van der Waals surface area contributed by atoms with E-state index < -0.39 is 0 Å². The summed E-state index contributed by atoms with van der Waals surface area (Å²) in [6.07, 6.45) is 3.92. The van der Waals surface area contributed by atoms with Crippen molar-refractivity contribution in [2.75, 3.05) is 32.7 Å². The number of rotatable bonds is 7. The smallest absolute Gasteiger partial charge is 0.234 e. The zero-order valence-corrected chi connectivity index (χ0v) is 19.3. The number of piperazine rings is 1. The SMILES string of the molecule is O=C(C(c1ccccc1)c1ccccc1)N1CCN(CCn2ccnc2-c2ccccc2)CC1. The van der Waals surface area contributed by atoms with E-state index in [-0.39, 0.29) is 11.8 Å². The summed E-state index contributed by atoms with van der Waals surface area (Å²) in [4.78, 5) is 22.7. The third-order valence-electron chi connectivity index (χ3n) is 6.60. The molecule has 1 amide bonds. The zero-order chi connectivity index (χ0) is 23.2. The topological polar surface area (TPSA) is 41.4 Å². The second-order valence-corrected chi connectivity index (χ2v) is 8.73.